The third-order valence-electron chi connectivity index (χ3n) is 3.11. The Morgan fingerprint density at radius 1 is 1.27 bits per heavy atom. The molecule has 3 nitrogen and oxygen atoms in total. The van der Waals surface area contributed by atoms with Crippen molar-refractivity contribution in [3.8, 4) is 0 Å². The van der Waals surface area contributed by atoms with Crippen molar-refractivity contribution in [3.05, 3.63) is 15.6 Å². The number of rotatable bonds is 1. The van der Waals surface area contributed by atoms with Crippen molar-refractivity contribution in [1.82, 2.24) is 5.32 Å². The summed E-state index contributed by atoms with van der Waals surface area (Å²) in [5.74, 6) is 1.07. The van der Waals surface area contributed by atoms with E-state index in [2.05, 4.69) is 10.3 Å². The van der Waals surface area contributed by atoms with Crippen LogP contribution in [0.25, 0.3) is 0 Å². The van der Waals surface area contributed by atoms with Crippen molar-refractivity contribution in [3.63, 3.8) is 0 Å². The zero-order chi connectivity index (χ0) is 10.3. The molecule has 1 aliphatic carbocycles. The van der Waals surface area contributed by atoms with Gasteiger partial charge in [-0.1, -0.05) is 0 Å². The fraction of sp³-hybridized carbons (Fsp3) is 0.545. The average Bonchev–Trinajstić information content (AvgIpc) is 2.82. The fourth-order valence-electron chi connectivity index (χ4n) is 2.41. The van der Waals surface area contributed by atoms with Gasteiger partial charge < -0.3 is 0 Å². The molecule has 80 valence electrons. The van der Waals surface area contributed by atoms with Gasteiger partial charge in [-0.05, 0) is 0 Å². The number of nitrogen functional groups attached to an aromatic ring is 1. The molecular weight excluding hydrogens is 253 g/mol. The fourth-order valence-corrected chi connectivity index (χ4v) is 4.85. The Morgan fingerprint density at radius 2 is 2.13 bits per heavy atom. The van der Waals surface area contributed by atoms with Gasteiger partial charge in [-0.15, -0.1) is 0 Å². The first-order chi connectivity index (χ1) is 7.36. The third kappa shape index (κ3) is 1.52. The maximum absolute atomic E-state index is 6.16. The van der Waals surface area contributed by atoms with Crippen molar-refractivity contribution in [2.24, 2.45) is 4.99 Å². The molecule has 0 saturated heterocycles. The number of amidine groups is 1. The van der Waals surface area contributed by atoms with Gasteiger partial charge in [-0.3, -0.25) is 0 Å². The summed E-state index contributed by atoms with van der Waals surface area (Å²) in [7, 11) is 0. The minimum absolute atomic E-state index is 0.415. The van der Waals surface area contributed by atoms with E-state index in [1.165, 1.54) is 36.8 Å². The Morgan fingerprint density at radius 3 is 2.93 bits per heavy atom. The molecule has 15 heavy (non-hydrogen) atoms. The summed E-state index contributed by atoms with van der Waals surface area (Å²) >= 11 is 0.415. The van der Waals surface area contributed by atoms with Crippen LogP contribution in [0.1, 0.15) is 28.4 Å². The number of nitrogens with one attached hydrogen (secondary N) is 1. The maximum atomic E-state index is 6.16. The Hall–Kier alpha value is -0.731. The molecule has 0 radical (unpaired) electrons. The zero-order valence-electron chi connectivity index (χ0n) is 8.68. The van der Waals surface area contributed by atoms with Crippen LogP contribution in [0.4, 0.5) is 4.56 Å². The molecule has 4 heteroatoms. The monoisotopic (exact) mass is 269 g/mol. The summed E-state index contributed by atoms with van der Waals surface area (Å²) in [6, 6.07) is 0. The molecule has 0 saturated carbocycles. The van der Waals surface area contributed by atoms with Gasteiger partial charge in [0, 0.05) is 0 Å². The summed E-state index contributed by atoms with van der Waals surface area (Å²) in [4.78, 5) is 4.50. The standard InChI is InChI=1S/C11H15N3Se/c12-10-9(11-13-5-6-14-11)7-3-1-2-4-8(7)15-10/h1-6,12H2,(H,13,14). The number of anilines is 1. The molecule has 0 amide bonds. The van der Waals surface area contributed by atoms with Crippen LogP contribution in [0.3, 0.4) is 0 Å². The first kappa shape index (κ1) is 9.49. The second-order valence-corrected chi connectivity index (χ2v) is 6.49. The van der Waals surface area contributed by atoms with E-state index in [0.717, 1.165) is 23.5 Å². The number of hydrogen-bond donors (Lipinski definition) is 2. The summed E-state index contributed by atoms with van der Waals surface area (Å²) in [5, 5.41) is 3.35. The Balaban J connectivity index is 2.09. The molecule has 0 atom stereocenters. The van der Waals surface area contributed by atoms with E-state index < -0.39 is 0 Å². The predicted octanol–water partition coefficient (Wildman–Crippen LogP) is 0.554. The van der Waals surface area contributed by atoms with Gasteiger partial charge in [-0.25, -0.2) is 0 Å². The SMILES string of the molecule is Nc1[se]c2c(c1C1=NCCN1)CCCC2. The molecule has 2 aliphatic rings. The van der Waals surface area contributed by atoms with Crippen LogP contribution in [-0.4, -0.2) is 33.4 Å². The van der Waals surface area contributed by atoms with E-state index in [9.17, 15) is 0 Å². The number of fused-ring (bicyclic) bond motifs is 1. The van der Waals surface area contributed by atoms with Gasteiger partial charge in [0.2, 0.25) is 0 Å². The van der Waals surface area contributed by atoms with Gasteiger partial charge in [0.25, 0.3) is 0 Å². The number of aryl methyl sites for hydroxylation is 1. The van der Waals surface area contributed by atoms with E-state index in [0.29, 0.717) is 14.5 Å². The molecule has 3 rings (SSSR count). The van der Waals surface area contributed by atoms with Crippen molar-refractivity contribution in [2.75, 3.05) is 18.8 Å². The van der Waals surface area contributed by atoms with Crippen LogP contribution >= 0.6 is 0 Å². The van der Waals surface area contributed by atoms with Gasteiger partial charge in [-0.2, -0.15) is 0 Å². The van der Waals surface area contributed by atoms with Crippen molar-refractivity contribution >= 4 is 24.9 Å². The van der Waals surface area contributed by atoms with Gasteiger partial charge in [0.15, 0.2) is 0 Å². The first-order valence-corrected chi connectivity index (χ1v) is 7.26. The molecule has 0 bridgehead atoms. The first-order valence-electron chi connectivity index (χ1n) is 5.55. The Bertz CT molecular complexity index is 420. The van der Waals surface area contributed by atoms with E-state index in [-0.39, 0.29) is 0 Å². The predicted molar refractivity (Wildman–Crippen MR) is 63.8 cm³/mol. The normalized spacial score (nSPS) is 19.6. The zero-order valence-corrected chi connectivity index (χ0v) is 10.4. The molecule has 0 unspecified atom stereocenters. The van der Waals surface area contributed by atoms with Crippen molar-refractivity contribution in [1.29, 1.82) is 0 Å². The van der Waals surface area contributed by atoms with Crippen LogP contribution in [0, 0.1) is 0 Å². The van der Waals surface area contributed by atoms with Crippen LogP contribution < -0.4 is 11.1 Å². The summed E-state index contributed by atoms with van der Waals surface area (Å²) in [5.41, 5.74) is 8.98. The Kier molecular flexibility index (Phi) is 2.33. The quantitative estimate of drug-likeness (QED) is 0.731. The van der Waals surface area contributed by atoms with Crippen molar-refractivity contribution < 1.29 is 0 Å². The van der Waals surface area contributed by atoms with Crippen molar-refractivity contribution in [2.45, 2.75) is 25.7 Å². The number of hydrogen-bond acceptors (Lipinski definition) is 3. The summed E-state index contributed by atoms with van der Waals surface area (Å²) in [6.07, 6.45) is 5.15. The van der Waals surface area contributed by atoms with E-state index in [1.54, 1.807) is 4.44 Å². The van der Waals surface area contributed by atoms with Gasteiger partial charge >= 0.3 is 95.3 Å². The number of aliphatic imine (C=N–C) groups is 1. The number of nitrogens with two attached hydrogens (primary N) is 1. The van der Waals surface area contributed by atoms with Gasteiger partial charge in [0.05, 0.1) is 0 Å². The van der Waals surface area contributed by atoms with Crippen LogP contribution in [0.15, 0.2) is 4.99 Å². The van der Waals surface area contributed by atoms with Gasteiger partial charge in [0.1, 0.15) is 0 Å². The molecule has 0 aromatic carbocycles. The molecule has 1 aliphatic heterocycles. The third-order valence-corrected chi connectivity index (χ3v) is 5.46. The van der Waals surface area contributed by atoms with Crippen LogP contribution in [0.5, 0.6) is 0 Å². The topological polar surface area (TPSA) is 50.4 Å². The molecule has 2 heterocycles. The Labute approximate surface area is 95.5 Å². The van der Waals surface area contributed by atoms with Crippen LogP contribution in [0.2, 0.25) is 0 Å². The molecule has 3 N–H and O–H groups in total. The molecule has 1 aromatic heterocycles. The summed E-state index contributed by atoms with van der Waals surface area (Å²) in [6.45, 7) is 1.88. The minimum atomic E-state index is 0.415. The molecular formula is C11H15N3Se. The van der Waals surface area contributed by atoms with Crippen LogP contribution in [-0.2, 0) is 12.8 Å². The van der Waals surface area contributed by atoms with E-state index in [1.807, 2.05) is 0 Å². The average molecular weight is 268 g/mol. The molecule has 1 aromatic rings. The second kappa shape index (κ2) is 3.69. The summed E-state index contributed by atoms with van der Waals surface area (Å²) < 4.78 is 2.74. The molecule has 0 spiro atoms. The second-order valence-electron chi connectivity index (χ2n) is 4.11. The molecule has 0 fully saturated rings. The van der Waals surface area contributed by atoms with E-state index >= 15 is 0 Å². The number of nitrogens with zero attached hydrogens (tertiary/aromatic N) is 1. The van der Waals surface area contributed by atoms with E-state index in [4.69, 9.17) is 5.73 Å².